The molecule has 0 saturated heterocycles. The summed E-state index contributed by atoms with van der Waals surface area (Å²) in [7, 11) is 1.62. The number of aryl methyl sites for hydroxylation is 1. The van der Waals surface area contributed by atoms with Crippen molar-refractivity contribution in [1.82, 2.24) is 15.3 Å². The Morgan fingerprint density at radius 2 is 2.09 bits per heavy atom. The Balaban J connectivity index is 1.84. The second-order valence-electron chi connectivity index (χ2n) is 5.18. The maximum atomic E-state index is 12.4. The second-order valence-corrected chi connectivity index (χ2v) is 5.18. The summed E-state index contributed by atoms with van der Waals surface area (Å²) in [6, 6.07) is 13.1. The average molecular weight is 307 g/mol. The summed E-state index contributed by atoms with van der Waals surface area (Å²) in [5.74, 6) is 0.593. The summed E-state index contributed by atoms with van der Waals surface area (Å²) >= 11 is 0. The number of rotatable bonds is 4. The Bertz CT molecular complexity index is 848. The van der Waals surface area contributed by atoms with Crippen molar-refractivity contribution in [3.8, 4) is 5.75 Å². The van der Waals surface area contributed by atoms with E-state index in [4.69, 9.17) is 4.74 Å². The van der Waals surface area contributed by atoms with Crippen LogP contribution in [0.1, 0.15) is 21.7 Å². The van der Waals surface area contributed by atoms with Crippen LogP contribution in [0.15, 0.2) is 48.7 Å². The van der Waals surface area contributed by atoms with Gasteiger partial charge in [0, 0.05) is 17.6 Å². The molecule has 1 N–H and O–H groups in total. The smallest absolute Gasteiger partial charge is 0.253 e. The number of pyridine rings is 2. The van der Waals surface area contributed by atoms with Crippen LogP contribution in [-0.4, -0.2) is 23.0 Å². The molecule has 3 rings (SSSR count). The van der Waals surface area contributed by atoms with Crippen molar-refractivity contribution in [2.45, 2.75) is 13.5 Å². The third-order valence-corrected chi connectivity index (χ3v) is 3.62. The van der Waals surface area contributed by atoms with Crippen LogP contribution in [0, 0.1) is 6.92 Å². The van der Waals surface area contributed by atoms with Gasteiger partial charge in [0.1, 0.15) is 5.75 Å². The number of nitrogens with zero attached hydrogens (tertiary/aromatic N) is 2. The van der Waals surface area contributed by atoms with Crippen LogP contribution >= 0.6 is 0 Å². The molecule has 0 spiro atoms. The minimum Gasteiger partial charge on any atom is -0.497 e. The highest BCUT2D eigenvalue weighted by Crippen LogP contribution is 2.21. The van der Waals surface area contributed by atoms with Crippen LogP contribution in [0.2, 0.25) is 0 Å². The number of benzene rings is 1. The fourth-order valence-corrected chi connectivity index (χ4v) is 2.37. The van der Waals surface area contributed by atoms with Gasteiger partial charge in [-0.3, -0.25) is 14.8 Å². The Morgan fingerprint density at radius 3 is 2.83 bits per heavy atom. The van der Waals surface area contributed by atoms with Gasteiger partial charge in [-0.15, -0.1) is 0 Å². The van der Waals surface area contributed by atoms with E-state index in [0.717, 1.165) is 22.3 Å². The van der Waals surface area contributed by atoms with Crippen molar-refractivity contribution in [3.05, 3.63) is 65.6 Å². The maximum Gasteiger partial charge on any atom is 0.253 e. The highest BCUT2D eigenvalue weighted by atomic mass is 16.5. The standard InChI is InChI=1S/C18H17N3O2/c1-12-16(18(22)20-11-14-5-3-4-8-19-14)9-13-6-7-15(23-2)10-17(13)21-12/h3-10H,11H2,1-2H3,(H,20,22). The largest absolute Gasteiger partial charge is 0.497 e. The Labute approximate surface area is 134 Å². The molecule has 0 radical (unpaired) electrons. The van der Waals surface area contributed by atoms with Gasteiger partial charge in [-0.25, -0.2) is 0 Å². The number of hydrogen-bond acceptors (Lipinski definition) is 4. The van der Waals surface area contributed by atoms with Gasteiger partial charge in [0.25, 0.3) is 5.91 Å². The lowest BCUT2D eigenvalue weighted by Gasteiger charge is -2.09. The summed E-state index contributed by atoms with van der Waals surface area (Å²) in [6.07, 6.45) is 1.71. The van der Waals surface area contributed by atoms with Crippen LogP contribution in [0.3, 0.4) is 0 Å². The minimum absolute atomic E-state index is 0.154. The highest BCUT2D eigenvalue weighted by Gasteiger charge is 2.12. The molecular formula is C18H17N3O2. The van der Waals surface area contributed by atoms with E-state index in [0.29, 0.717) is 17.8 Å². The summed E-state index contributed by atoms with van der Waals surface area (Å²) in [6.45, 7) is 2.22. The molecule has 0 aliphatic rings. The minimum atomic E-state index is -0.154. The predicted molar refractivity (Wildman–Crippen MR) is 88.4 cm³/mol. The molecule has 1 aromatic carbocycles. The number of carbonyl (C=O) groups excluding carboxylic acids is 1. The number of amides is 1. The average Bonchev–Trinajstić information content (AvgIpc) is 2.59. The van der Waals surface area contributed by atoms with Crippen molar-refractivity contribution in [1.29, 1.82) is 0 Å². The molecule has 0 fully saturated rings. The molecule has 2 aromatic heterocycles. The first-order valence-electron chi connectivity index (χ1n) is 7.31. The van der Waals surface area contributed by atoms with Gasteiger partial charge in [-0.1, -0.05) is 6.07 Å². The van der Waals surface area contributed by atoms with Gasteiger partial charge in [0.15, 0.2) is 0 Å². The molecule has 5 nitrogen and oxygen atoms in total. The summed E-state index contributed by atoms with van der Waals surface area (Å²) in [4.78, 5) is 21.1. The lowest BCUT2D eigenvalue weighted by atomic mass is 10.1. The van der Waals surface area contributed by atoms with Crippen molar-refractivity contribution >= 4 is 16.8 Å². The monoisotopic (exact) mass is 307 g/mol. The molecule has 0 unspecified atom stereocenters. The van der Waals surface area contributed by atoms with Crippen molar-refractivity contribution in [2.24, 2.45) is 0 Å². The number of methoxy groups -OCH3 is 1. The van der Waals surface area contributed by atoms with Crippen molar-refractivity contribution in [2.75, 3.05) is 7.11 Å². The number of fused-ring (bicyclic) bond motifs is 1. The predicted octanol–water partition coefficient (Wildman–Crippen LogP) is 2.88. The van der Waals surface area contributed by atoms with Gasteiger partial charge in [0.2, 0.25) is 0 Å². The van der Waals surface area contributed by atoms with E-state index in [9.17, 15) is 4.79 Å². The molecule has 0 saturated carbocycles. The zero-order valence-corrected chi connectivity index (χ0v) is 13.0. The van der Waals surface area contributed by atoms with E-state index in [1.54, 1.807) is 13.3 Å². The van der Waals surface area contributed by atoms with Crippen molar-refractivity contribution < 1.29 is 9.53 Å². The number of carbonyl (C=O) groups is 1. The SMILES string of the molecule is COc1ccc2cc(C(=O)NCc3ccccn3)c(C)nc2c1. The molecule has 0 atom stereocenters. The zero-order chi connectivity index (χ0) is 16.2. The first-order valence-corrected chi connectivity index (χ1v) is 7.31. The molecule has 3 aromatic rings. The Morgan fingerprint density at radius 1 is 1.22 bits per heavy atom. The second kappa shape index (κ2) is 6.44. The molecular weight excluding hydrogens is 290 g/mol. The fraction of sp³-hybridized carbons (Fsp3) is 0.167. The number of nitrogens with one attached hydrogen (secondary N) is 1. The van der Waals surface area contributed by atoms with Crippen LogP contribution in [0.25, 0.3) is 10.9 Å². The van der Waals surface area contributed by atoms with Gasteiger partial charge in [-0.05, 0) is 37.3 Å². The lowest BCUT2D eigenvalue weighted by molar-refractivity contribution is 0.0949. The third-order valence-electron chi connectivity index (χ3n) is 3.62. The topological polar surface area (TPSA) is 64.1 Å². The number of hydrogen-bond donors (Lipinski definition) is 1. The van der Waals surface area contributed by atoms with E-state index >= 15 is 0 Å². The van der Waals surface area contributed by atoms with E-state index in [1.807, 2.05) is 49.4 Å². The summed E-state index contributed by atoms with van der Waals surface area (Å²) in [5.41, 5.74) is 2.88. The van der Waals surface area contributed by atoms with Gasteiger partial charge >= 0.3 is 0 Å². The molecule has 2 heterocycles. The molecule has 0 aliphatic heterocycles. The third kappa shape index (κ3) is 3.29. The lowest BCUT2D eigenvalue weighted by Crippen LogP contribution is -2.24. The molecule has 0 bridgehead atoms. The van der Waals surface area contributed by atoms with Gasteiger partial charge in [0.05, 0.1) is 36.1 Å². The maximum absolute atomic E-state index is 12.4. The van der Waals surface area contributed by atoms with E-state index in [-0.39, 0.29) is 5.91 Å². The van der Waals surface area contributed by atoms with E-state index < -0.39 is 0 Å². The molecule has 0 aliphatic carbocycles. The van der Waals surface area contributed by atoms with Crippen LogP contribution in [0.5, 0.6) is 5.75 Å². The first kappa shape index (κ1) is 15.0. The zero-order valence-electron chi connectivity index (χ0n) is 13.0. The van der Waals surface area contributed by atoms with Crippen molar-refractivity contribution in [3.63, 3.8) is 0 Å². The van der Waals surface area contributed by atoms with Crippen LogP contribution in [-0.2, 0) is 6.54 Å². The first-order chi connectivity index (χ1) is 11.2. The summed E-state index contributed by atoms with van der Waals surface area (Å²) in [5, 5.41) is 3.78. The van der Waals surface area contributed by atoms with Crippen LogP contribution < -0.4 is 10.1 Å². The summed E-state index contributed by atoms with van der Waals surface area (Å²) < 4.78 is 5.20. The van der Waals surface area contributed by atoms with E-state index in [1.165, 1.54) is 0 Å². The van der Waals surface area contributed by atoms with E-state index in [2.05, 4.69) is 15.3 Å². The number of ether oxygens (including phenoxy) is 1. The highest BCUT2D eigenvalue weighted by molar-refractivity contribution is 5.98. The van der Waals surface area contributed by atoms with Gasteiger partial charge < -0.3 is 10.1 Å². The Kier molecular flexibility index (Phi) is 4.19. The normalized spacial score (nSPS) is 10.5. The molecule has 23 heavy (non-hydrogen) atoms. The van der Waals surface area contributed by atoms with Crippen LogP contribution in [0.4, 0.5) is 0 Å². The fourth-order valence-electron chi connectivity index (χ4n) is 2.37. The Hall–Kier alpha value is -2.95. The quantitative estimate of drug-likeness (QED) is 0.805. The number of aromatic nitrogens is 2. The van der Waals surface area contributed by atoms with Gasteiger partial charge in [-0.2, -0.15) is 0 Å². The molecule has 5 heteroatoms. The molecule has 1 amide bonds. The molecule has 116 valence electrons.